The molecular weight excluding hydrogens is 513 g/mol. The lowest BCUT2D eigenvalue weighted by atomic mass is 10.0. The van der Waals surface area contributed by atoms with Crippen molar-refractivity contribution >= 4 is 23.3 Å². The number of carbonyl (C=O) groups is 2. The summed E-state index contributed by atoms with van der Waals surface area (Å²) in [6.45, 7) is 5.44. The molecule has 4 rings (SSSR count). The van der Waals surface area contributed by atoms with Crippen molar-refractivity contribution in [1.82, 2.24) is 14.8 Å². The Kier molecular flexibility index (Phi) is 9.68. The molecular formula is C30H36FN5O4. The van der Waals surface area contributed by atoms with Crippen LogP contribution in [0.2, 0.25) is 0 Å². The number of rotatable bonds is 8. The summed E-state index contributed by atoms with van der Waals surface area (Å²) in [6, 6.07) is 14.0. The SMILES string of the molecule is CC1CN(C(C)CO)C(=O)Cc2cc(NC(=O)Nc3ccccc3F)ccc2OC1CN(C)Cc1ccncc1. The van der Waals surface area contributed by atoms with E-state index in [-0.39, 0.29) is 42.7 Å². The molecule has 9 nitrogen and oxygen atoms in total. The van der Waals surface area contributed by atoms with Gasteiger partial charge in [0.05, 0.1) is 24.8 Å². The molecule has 0 radical (unpaired) electrons. The quantitative estimate of drug-likeness (QED) is 0.390. The largest absolute Gasteiger partial charge is 0.488 e. The van der Waals surface area contributed by atoms with Gasteiger partial charge in [-0.25, -0.2) is 9.18 Å². The number of nitrogens with one attached hydrogen (secondary N) is 2. The number of nitrogens with zero attached hydrogens (tertiary/aromatic N) is 3. The summed E-state index contributed by atoms with van der Waals surface area (Å²) in [5.74, 6) is -0.163. The minimum atomic E-state index is -0.611. The smallest absolute Gasteiger partial charge is 0.323 e. The average Bonchev–Trinajstić information content (AvgIpc) is 2.97. The molecule has 0 spiro atoms. The molecule has 3 unspecified atom stereocenters. The number of fused-ring (bicyclic) bond motifs is 1. The van der Waals surface area contributed by atoms with Crippen molar-refractivity contribution in [3.05, 3.63) is 83.9 Å². The van der Waals surface area contributed by atoms with E-state index in [9.17, 15) is 19.1 Å². The predicted molar refractivity (Wildman–Crippen MR) is 152 cm³/mol. The molecule has 0 saturated heterocycles. The maximum absolute atomic E-state index is 14.0. The van der Waals surface area contributed by atoms with Crippen molar-refractivity contribution in [3.63, 3.8) is 0 Å². The van der Waals surface area contributed by atoms with Crippen molar-refractivity contribution in [2.75, 3.05) is 37.4 Å². The number of anilines is 2. The van der Waals surface area contributed by atoms with Crippen LogP contribution in [0.3, 0.4) is 0 Å². The molecule has 0 fully saturated rings. The van der Waals surface area contributed by atoms with Crippen LogP contribution in [0.15, 0.2) is 67.0 Å². The number of aliphatic hydroxyl groups is 1. The summed E-state index contributed by atoms with van der Waals surface area (Å²) < 4.78 is 20.5. The monoisotopic (exact) mass is 549 g/mol. The Bertz CT molecular complexity index is 1310. The fourth-order valence-corrected chi connectivity index (χ4v) is 4.74. The summed E-state index contributed by atoms with van der Waals surface area (Å²) in [5.41, 5.74) is 2.23. The normalized spacial score (nSPS) is 18.1. The minimum Gasteiger partial charge on any atom is -0.488 e. The number of likely N-dealkylation sites (N-methyl/N-ethyl adjacent to an activating group) is 1. The summed E-state index contributed by atoms with van der Waals surface area (Å²) in [5, 5.41) is 15.1. The summed E-state index contributed by atoms with van der Waals surface area (Å²) in [4.78, 5) is 33.9. The number of hydrogen-bond acceptors (Lipinski definition) is 6. The van der Waals surface area contributed by atoms with E-state index in [0.717, 1.165) is 5.56 Å². The molecule has 3 aromatic rings. The Morgan fingerprint density at radius 1 is 1.20 bits per heavy atom. The molecule has 40 heavy (non-hydrogen) atoms. The lowest BCUT2D eigenvalue weighted by Crippen LogP contribution is -2.47. The van der Waals surface area contributed by atoms with Gasteiger partial charge < -0.3 is 25.4 Å². The van der Waals surface area contributed by atoms with Gasteiger partial charge >= 0.3 is 6.03 Å². The molecule has 0 bridgehead atoms. The van der Waals surface area contributed by atoms with Crippen molar-refractivity contribution in [2.45, 2.75) is 39.0 Å². The number of ether oxygens (including phenoxy) is 1. The fourth-order valence-electron chi connectivity index (χ4n) is 4.74. The van der Waals surface area contributed by atoms with Gasteiger partial charge in [0.25, 0.3) is 0 Å². The first-order valence-corrected chi connectivity index (χ1v) is 13.3. The molecule has 1 aromatic heterocycles. The molecule has 0 saturated carbocycles. The number of amides is 3. The number of aliphatic hydroxyl groups excluding tert-OH is 1. The van der Waals surface area contributed by atoms with E-state index in [2.05, 4.69) is 20.5 Å². The zero-order chi connectivity index (χ0) is 28.6. The number of urea groups is 1. The van der Waals surface area contributed by atoms with Crippen molar-refractivity contribution in [2.24, 2.45) is 5.92 Å². The third-order valence-corrected chi connectivity index (χ3v) is 6.99. The first kappa shape index (κ1) is 29.0. The van der Waals surface area contributed by atoms with Crippen LogP contribution in [-0.2, 0) is 17.8 Å². The van der Waals surface area contributed by atoms with Gasteiger partial charge in [0.1, 0.15) is 17.7 Å². The van der Waals surface area contributed by atoms with Crippen molar-refractivity contribution < 1.29 is 23.8 Å². The van der Waals surface area contributed by atoms with Gasteiger partial charge in [0.2, 0.25) is 5.91 Å². The summed E-state index contributed by atoms with van der Waals surface area (Å²) >= 11 is 0. The van der Waals surface area contributed by atoms with Gasteiger partial charge in [-0.05, 0) is 62.0 Å². The minimum absolute atomic E-state index is 0.0341. The van der Waals surface area contributed by atoms with Crippen LogP contribution in [0.4, 0.5) is 20.6 Å². The molecule has 212 valence electrons. The third kappa shape index (κ3) is 7.55. The molecule has 1 aliphatic heterocycles. The number of hydrogen-bond donors (Lipinski definition) is 3. The highest BCUT2D eigenvalue weighted by atomic mass is 19.1. The Labute approximate surface area is 234 Å². The highest BCUT2D eigenvalue weighted by Gasteiger charge is 2.31. The topological polar surface area (TPSA) is 107 Å². The van der Waals surface area contributed by atoms with Crippen LogP contribution in [0, 0.1) is 11.7 Å². The first-order chi connectivity index (χ1) is 19.2. The van der Waals surface area contributed by atoms with Crippen LogP contribution in [0.1, 0.15) is 25.0 Å². The third-order valence-electron chi connectivity index (χ3n) is 6.99. The predicted octanol–water partition coefficient (Wildman–Crippen LogP) is 4.15. The van der Waals surface area contributed by atoms with Crippen molar-refractivity contribution in [3.8, 4) is 5.75 Å². The van der Waals surface area contributed by atoms with Crippen molar-refractivity contribution in [1.29, 1.82) is 0 Å². The molecule has 0 aliphatic carbocycles. The highest BCUT2D eigenvalue weighted by Crippen LogP contribution is 2.29. The molecule has 3 amide bonds. The van der Waals surface area contributed by atoms with Gasteiger partial charge in [-0.3, -0.25) is 14.7 Å². The van der Waals surface area contributed by atoms with Gasteiger partial charge in [-0.2, -0.15) is 0 Å². The fraction of sp³-hybridized carbons (Fsp3) is 0.367. The van der Waals surface area contributed by atoms with E-state index < -0.39 is 11.8 Å². The maximum Gasteiger partial charge on any atom is 0.323 e. The molecule has 2 aromatic carbocycles. The number of halogens is 1. The number of carbonyl (C=O) groups excluding carboxylic acids is 2. The second-order valence-corrected chi connectivity index (χ2v) is 10.3. The van der Waals surface area contributed by atoms with Gasteiger partial charge in [-0.1, -0.05) is 19.1 Å². The van der Waals surface area contributed by atoms with E-state index in [1.54, 1.807) is 47.6 Å². The molecule has 2 heterocycles. The zero-order valence-corrected chi connectivity index (χ0v) is 23.0. The van der Waals surface area contributed by atoms with Crippen LogP contribution >= 0.6 is 0 Å². The lowest BCUT2D eigenvalue weighted by molar-refractivity contribution is -0.134. The Morgan fingerprint density at radius 2 is 1.95 bits per heavy atom. The van der Waals surface area contributed by atoms with Crippen LogP contribution in [0.25, 0.3) is 0 Å². The second-order valence-electron chi connectivity index (χ2n) is 10.3. The van der Waals surface area contributed by atoms with E-state index in [0.29, 0.717) is 36.6 Å². The summed E-state index contributed by atoms with van der Waals surface area (Å²) in [7, 11) is 2.02. The Morgan fingerprint density at radius 3 is 2.67 bits per heavy atom. The first-order valence-electron chi connectivity index (χ1n) is 13.3. The van der Waals surface area contributed by atoms with Gasteiger partial charge in [-0.15, -0.1) is 0 Å². The lowest BCUT2D eigenvalue weighted by Gasteiger charge is -2.34. The van der Waals surface area contributed by atoms with Gasteiger partial charge in [0.15, 0.2) is 0 Å². The molecule has 1 aliphatic rings. The van der Waals surface area contributed by atoms with Crippen LogP contribution in [-0.4, -0.2) is 70.7 Å². The van der Waals surface area contributed by atoms with Gasteiger partial charge in [0, 0.05) is 49.2 Å². The van der Waals surface area contributed by atoms with Crippen LogP contribution in [0.5, 0.6) is 5.75 Å². The highest BCUT2D eigenvalue weighted by molar-refractivity contribution is 6.00. The number of aromatic nitrogens is 1. The number of para-hydroxylation sites is 1. The van der Waals surface area contributed by atoms with E-state index >= 15 is 0 Å². The molecule has 3 N–H and O–H groups in total. The number of pyridine rings is 1. The van der Waals surface area contributed by atoms with E-state index in [1.807, 2.05) is 33.0 Å². The van der Waals surface area contributed by atoms with E-state index in [1.165, 1.54) is 12.1 Å². The van der Waals surface area contributed by atoms with E-state index in [4.69, 9.17) is 4.74 Å². The second kappa shape index (κ2) is 13.4. The van der Waals surface area contributed by atoms with Crippen LogP contribution < -0.4 is 15.4 Å². The standard InChI is InChI=1S/C30H36FN5O4/c1-20-16-36(21(2)19-37)29(38)15-23-14-24(33-30(39)34-26-7-5-4-6-25(26)31)8-9-27(23)40-28(20)18-35(3)17-22-10-12-32-13-11-22/h4-14,20-21,28,37H,15-19H2,1-3H3,(H2,33,34,39). The molecule has 10 heteroatoms. The zero-order valence-electron chi connectivity index (χ0n) is 23.0. The maximum atomic E-state index is 14.0. The Balaban J connectivity index is 1.57. The summed E-state index contributed by atoms with van der Waals surface area (Å²) in [6.07, 6.45) is 3.31. The average molecular weight is 550 g/mol. The number of benzene rings is 2. The molecule has 3 atom stereocenters. The Hall–Kier alpha value is -4.02.